The van der Waals surface area contributed by atoms with Gasteiger partial charge in [0.05, 0.1) is 26.1 Å². The fourth-order valence-corrected chi connectivity index (χ4v) is 4.57. The molecule has 34 heavy (non-hydrogen) atoms. The lowest BCUT2D eigenvalue weighted by Crippen LogP contribution is -2.30. The maximum absolute atomic E-state index is 13.9. The minimum absolute atomic E-state index is 0.0498. The highest BCUT2D eigenvalue weighted by Gasteiger charge is 2.34. The van der Waals surface area contributed by atoms with E-state index in [4.69, 9.17) is 39.5 Å². The maximum Gasteiger partial charge on any atom is 0.329 e. The number of hydrogen-bond acceptors (Lipinski definition) is 3. The molecule has 3 aromatic rings. The lowest BCUT2D eigenvalue weighted by atomic mass is 10.1. The molecule has 1 aliphatic heterocycles. The number of ether oxygens (including phenoxy) is 1. The Balaban J connectivity index is 1.50. The van der Waals surface area contributed by atoms with Gasteiger partial charge in [-0.15, -0.1) is 0 Å². The summed E-state index contributed by atoms with van der Waals surface area (Å²) in [4.78, 5) is 26.0. The Morgan fingerprint density at radius 1 is 1.00 bits per heavy atom. The zero-order valence-corrected chi connectivity index (χ0v) is 21.1. The highest BCUT2D eigenvalue weighted by molar-refractivity contribution is 9.10. The van der Waals surface area contributed by atoms with Gasteiger partial charge in [0.25, 0.3) is 5.91 Å². The van der Waals surface area contributed by atoms with Crippen LogP contribution in [0.25, 0.3) is 6.08 Å². The lowest BCUT2D eigenvalue weighted by molar-refractivity contribution is -0.123. The average molecular weight is 585 g/mol. The molecule has 1 heterocycles. The molecule has 10 heteroatoms. The van der Waals surface area contributed by atoms with Gasteiger partial charge < -0.3 is 10.1 Å². The minimum atomic E-state index is -0.633. The van der Waals surface area contributed by atoms with Crippen LogP contribution in [-0.2, 0) is 17.9 Å². The Morgan fingerprint density at radius 2 is 1.76 bits per heavy atom. The lowest BCUT2D eigenvalue weighted by Gasteiger charge is -2.12. The van der Waals surface area contributed by atoms with E-state index in [0.29, 0.717) is 30.9 Å². The first-order valence-corrected chi connectivity index (χ1v) is 11.8. The van der Waals surface area contributed by atoms with Crippen LogP contribution in [0.15, 0.2) is 64.8 Å². The molecule has 0 radical (unpaired) electrons. The molecule has 1 fully saturated rings. The van der Waals surface area contributed by atoms with Crippen LogP contribution in [0, 0.1) is 5.82 Å². The third-order valence-corrected chi connectivity index (χ3v) is 6.56. The molecule has 0 aliphatic carbocycles. The molecule has 0 unspecified atom stereocenters. The van der Waals surface area contributed by atoms with Crippen LogP contribution in [0.3, 0.4) is 0 Å². The number of imide groups is 1. The van der Waals surface area contributed by atoms with Crippen LogP contribution >= 0.6 is 50.7 Å². The molecule has 0 bridgehead atoms. The van der Waals surface area contributed by atoms with Crippen molar-refractivity contribution in [1.82, 2.24) is 10.2 Å². The second-order valence-corrected chi connectivity index (χ2v) is 9.40. The van der Waals surface area contributed by atoms with Crippen molar-refractivity contribution >= 4 is 68.7 Å². The third kappa shape index (κ3) is 5.39. The number of carbonyl (C=O) groups is 2. The van der Waals surface area contributed by atoms with E-state index in [0.717, 1.165) is 10.5 Å². The number of rotatable bonds is 6. The smallest absolute Gasteiger partial charge is 0.329 e. The summed E-state index contributed by atoms with van der Waals surface area (Å²) < 4.78 is 20.3. The normalized spacial score (nSPS) is 14.6. The molecule has 174 valence electrons. The number of halogens is 5. The summed E-state index contributed by atoms with van der Waals surface area (Å²) in [6.45, 7) is 0.0236. The van der Waals surface area contributed by atoms with Crippen LogP contribution < -0.4 is 10.1 Å². The summed E-state index contributed by atoms with van der Waals surface area (Å²) in [6, 6.07) is 13.8. The first kappa shape index (κ1) is 24.5. The molecule has 5 nitrogen and oxygen atoms in total. The van der Waals surface area contributed by atoms with E-state index >= 15 is 0 Å². The van der Waals surface area contributed by atoms with E-state index in [1.54, 1.807) is 36.4 Å². The van der Waals surface area contributed by atoms with Crippen molar-refractivity contribution in [2.45, 2.75) is 13.2 Å². The number of hydrogen-bond donors (Lipinski definition) is 1. The Kier molecular flexibility index (Phi) is 7.48. The predicted molar refractivity (Wildman–Crippen MR) is 133 cm³/mol. The first-order valence-electron chi connectivity index (χ1n) is 9.86. The largest absolute Gasteiger partial charge is 0.486 e. The third-order valence-electron chi connectivity index (χ3n) is 4.95. The van der Waals surface area contributed by atoms with Crippen LogP contribution in [0.4, 0.5) is 9.18 Å². The predicted octanol–water partition coefficient (Wildman–Crippen LogP) is 7.22. The van der Waals surface area contributed by atoms with E-state index in [1.165, 1.54) is 24.3 Å². The number of nitrogens with one attached hydrogen (secondary N) is 1. The van der Waals surface area contributed by atoms with Crippen LogP contribution in [0.1, 0.15) is 16.7 Å². The van der Waals surface area contributed by atoms with Gasteiger partial charge in [-0.05, 0) is 63.5 Å². The number of urea groups is 1. The quantitative estimate of drug-likeness (QED) is 0.246. The molecule has 1 saturated heterocycles. The average Bonchev–Trinajstić information content (AvgIpc) is 3.04. The van der Waals surface area contributed by atoms with Gasteiger partial charge in [0.15, 0.2) is 5.75 Å². The molecule has 4 rings (SSSR count). The van der Waals surface area contributed by atoms with E-state index in [-0.39, 0.29) is 24.4 Å². The molecule has 0 atom stereocenters. The zero-order chi connectivity index (χ0) is 24.4. The molecule has 0 spiro atoms. The van der Waals surface area contributed by atoms with Crippen molar-refractivity contribution in [3.8, 4) is 5.75 Å². The monoisotopic (exact) mass is 582 g/mol. The highest BCUT2D eigenvalue weighted by Crippen LogP contribution is 2.36. The molecule has 1 N–H and O–H groups in total. The summed E-state index contributed by atoms with van der Waals surface area (Å²) in [7, 11) is 0. The molecular formula is C24H15BrCl3FN2O3. The fraction of sp³-hybridized carbons (Fsp3) is 0.0833. The van der Waals surface area contributed by atoms with Gasteiger partial charge in [-0.1, -0.05) is 59.1 Å². The summed E-state index contributed by atoms with van der Waals surface area (Å²) in [5.74, 6) is -0.661. The highest BCUT2D eigenvalue weighted by atomic mass is 79.9. The molecular weight excluding hydrogens is 570 g/mol. The van der Waals surface area contributed by atoms with Crippen molar-refractivity contribution < 1.29 is 18.7 Å². The van der Waals surface area contributed by atoms with Crippen molar-refractivity contribution in [2.24, 2.45) is 0 Å². The minimum Gasteiger partial charge on any atom is -0.486 e. The van der Waals surface area contributed by atoms with Crippen molar-refractivity contribution in [1.29, 1.82) is 0 Å². The van der Waals surface area contributed by atoms with E-state index in [9.17, 15) is 14.0 Å². The summed E-state index contributed by atoms with van der Waals surface area (Å²) in [6.07, 6.45) is 1.49. The number of amides is 3. The van der Waals surface area contributed by atoms with E-state index in [1.807, 2.05) is 0 Å². The van der Waals surface area contributed by atoms with E-state index < -0.39 is 17.8 Å². The summed E-state index contributed by atoms with van der Waals surface area (Å²) in [5.41, 5.74) is 1.64. The second kappa shape index (κ2) is 10.4. The Bertz CT molecular complexity index is 1310. The van der Waals surface area contributed by atoms with Gasteiger partial charge in [0.2, 0.25) is 0 Å². The number of carbonyl (C=O) groups excluding carboxylic acids is 2. The van der Waals surface area contributed by atoms with Gasteiger partial charge in [0, 0.05) is 5.56 Å². The molecule has 0 saturated carbocycles. The van der Waals surface area contributed by atoms with Gasteiger partial charge in [-0.2, -0.15) is 0 Å². The van der Waals surface area contributed by atoms with Gasteiger partial charge >= 0.3 is 6.03 Å². The van der Waals surface area contributed by atoms with E-state index in [2.05, 4.69) is 21.2 Å². The fourth-order valence-electron chi connectivity index (χ4n) is 3.26. The number of benzene rings is 3. The first-order chi connectivity index (χ1) is 16.2. The molecule has 1 aliphatic rings. The van der Waals surface area contributed by atoms with Gasteiger partial charge in [0.1, 0.15) is 18.1 Å². The Labute approximate surface area is 218 Å². The SMILES string of the molecule is O=C1N/C(=C/c2cc(Cl)c(OCc3ccc(Cl)c(Cl)c3)c(Br)c2)C(=O)N1Cc1ccccc1F. The topological polar surface area (TPSA) is 58.6 Å². The summed E-state index contributed by atoms with van der Waals surface area (Å²) >= 11 is 21.8. The Morgan fingerprint density at radius 3 is 2.47 bits per heavy atom. The summed E-state index contributed by atoms with van der Waals surface area (Å²) in [5, 5.41) is 3.67. The Hall–Kier alpha value is -2.58. The van der Waals surface area contributed by atoms with Crippen LogP contribution in [-0.4, -0.2) is 16.8 Å². The van der Waals surface area contributed by atoms with Crippen LogP contribution in [0.5, 0.6) is 5.75 Å². The second-order valence-electron chi connectivity index (χ2n) is 7.32. The number of nitrogens with zero attached hydrogens (tertiary/aromatic N) is 1. The van der Waals surface area contributed by atoms with Crippen molar-refractivity contribution in [2.75, 3.05) is 0 Å². The van der Waals surface area contributed by atoms with Crippen molar-refractivity contribution in [3.05, 3.63) is 102 Å². The molecule has 3 aromatic carbocycles. The molecule has 0 aromatic heterocycles. The van der Waals surface area contributed by atoms with Gasteiger partial charge in [-0.3, -0.25) is 9.69 Å². The van der Waals surface area contributed by atoms with Crippen molar-refractivity contribution in [3.63, 3.8) is 0 Å². The maximum atomic E-state index is 13.9. The van der Waals surface area contributed by atoms with Crippen LogP contribution in [0.2, 0.25) is 15.1 Å². The zero-order valence-electron chi connectivity index (χ0n) is 17.2. The van der Waals surface area contributed by atoms with Gasteiger partial charge in [-0.25, -0.2) is 9.18 Å². The standard InChI is InChI=1S/C24H15BrCl3FN2O3/c25-16-7-14(9-19(28)22(16)34-12-13-5-6-17(26)18(27)8-13)10-21-23(32)31(24(33)30-21)11-15-3-1-2-4-20(15)29/h1-10H,11-12H2,(H,30,33)/b21-10+. The molecule has 3 amide bonds.